The van der Waals surface area contributed by atoms with Gasteiger partial charge in [-0.3, -0.25) is 5.84 Å². The zero-order valence-corrected chi connectivity index (χ0v) is 11.4. The van der Waals surface area contributed by atoms with Gasteiger partial charge >= 0.3 is 0 Å². The Kier molecular flexibility index (Phi) is 4.14. The fourth-order valence-electron chi connectivity index (χ4n) is 1.88. The summed E-state index contributed by atoms with van der Waals surface area (Å²) in [5.74, 6) is 4.56. The summed E-state index contributed by atoms with van der Waals surface area (Å²) in [6.45, 7) is 0. The summed E-state index contributed by atoms with van der Waals surface area (Å²) in [5, 5.41) is 0. The number of halogens is 3. The summed E-state index contributed by atoms with van der Waals surface area (Å²) in [6, 6.07) is 7.62. The molecule has 0 saturated carbocycles. The first-order valence-corrected chi connectivity index (χ1v) is 6.28. The Morgan fingerprint density at radius 2 is 1.79 bits per heavy atom. The maximum Gasteiger partial charge on any atom is 0.128 e. The first-order chi connectivity index (χ1) is 9.02. The van der Waals surface area contributed by atoms with E-state index >= 15 is 0 Å². The Morgan fingerprint density at radius 1 is 1.05 bits per heavy atom. The molecular formula is C13H12BrF2N3. The molecule has 6 heteroatoms. The van der Waals surface area contributed by atoms with E-state index in [9.17, 15) is 8.78 Å². The Labute approximate surface area is 117 Å². The molecule has 0 heterocycles. The SMILES string of the molecule is NNC(c1cc(F)ccc1N)c1cc(Br)ccc1F. The van der Waals surface area contributed by atoms with E-state index in [0.717, 1.165) is 0 Å². The number of benzene rings is 2. The molecule has 5 N–H and O–H groups in total. The van der Waals surface area contributed by atoms with Gasteiger partial charge in [0.25, 0.3) is 0 Å². The van der Waals surface area contributed by atoms with Gasteiger partial charge in [0.1, 0.15) is 11.6 Å². The van der Waals surface area contributed by atoms with Crippen molar-refractivity contribution in [1.29, 1.82) is 0 Å². The summed E-state index contributed by atoms with van der Waals surface area (Å²) < 4.78 is 27.9. The lowest BCUT2D eigenvalue weighted by Gasteiger charge is -2.19. The van der Waals surface area contributed by atoms with Crippen LogP contribution in [0.2, 0.25) is 0 Å². The van der Waals surface area contributed by atoms with Crippen LogP contribution in [0.5, 0.6) is 0 Å². The second kappa shape index (κ2) is 5.64. The predicted molar refractivity (Wildman–Crippen MR) is 74.1 cm³/mol. The maximum atomic E-state index is 13.9. The van der Waals surface area contributed by atoms with Crippen LogP contribution in [0.3, 0.4) is 0 Å². The lowest BCUT2D eigenvalue weighted by molar-refractivity contribution is 0.556. The minimum atomic E-state index is -0.729. The fraction of sp³-hybridized carbons (Fsp3) is 0.0769. The summed E-state index contributed by atoms with van der Waals surface area (Å²) in [7, 11) is 0. The number of rotatable bonds is 3. The molecule has 1 unspecified atom stereocenters. The number of hydrazine groups is 1. The summed E-state index contributed by atoms with van der Waals surface area (Å²) in [5.41, 5.74) is 9.27. The highest BCUT2D eigenvalue weighted by Gasteiger charge is 2.19. The molecule has 100 valence electrons. The van der Waals surface area contributed by atoms with Crippen molar-refractivity contribution in [1.82, 2.24) is 5.43 Å². The van der Waals surface area contributed by atoms with Gasteiger partial charge in [-0.2, -0.15) is 0 Å². The molecule has 0 saturated heterocycles. The number of nitrogen functional groups attached to an aromatic ring is 1. The normalized spacial score (nSPS) is 12.4. The van der Waals surface area contributed by atoms with Crippen molar-refractivity contribution in [3.05, 3.63) is 63.6 Å². The molecule has 0 spiro atoms. The standard InChI is InChI=1S/C13H12BrF2N3/c14-7-1-3-11(16)9(5-7)13(19-18)10-6-8(15)2-4-12(10)17/h1-6,13,19H,17-18H2. The molecule has 0 bridgehead atoms. The van der Waals surface area contributed by atoms with E-state index in [2.05, 4.69) is 21.4 Å². The highest BCUT2D eigenvalue weighted by atomic mass is 79.9. The summed E-state index contributed by atoms with van der Waals surface area (Å²) in [6.07, 6.45) is 0. The Bertz CT molecular complexity index is 553. The summed E-state index contributed by atoms with van der Waals surface area (Å²) in [4.78, 5) is 0. The van der Waals surface area contributed by atoms with Crippen LogP contribution in [0.4, 0.5) is 14.5 Å². The van der Waals surface area contributed by atoms with E-state index in [-0.39, 0.29) is 5.56 Å². The third-order valence-electron chi connectivity index (χ3n) is 2.80. The van der Waals surface area contributed by atoms with Crippen molar-refractivity contribution in [2.24, 2.45) is 5.84 Å². The highest BCUT2D eigenvalue weighted by Crippen LogP contribution is 2.30. The van der Waals surface area contributed by atoms with E-state index in [0.29, 0.717) is 15.7 Å². The molecular weight excluding hydrogens is 316 g/mol. The Balaban J connectivity index is 2.55. The number of nitrogens with one attached hydrogen (secondary N) is 1. The molecule has 0 aliphatic carbocycles. The van der Waals surface area contributed by atoms with Crippen LogP contribution in [0.1, 0.15) is 17.2 Å². The third kappa shape index (κ3) is 2.91. The first kappa shape index (κ1) is 13.9. The molecule has 0 fully saturated rings. The lowest BCUT2D eigenvalue weighted by Crippen LogP contribution is -2.30. The van der Waals surface area contributed by atoms with Gasteiger partial charge < -0.3 is 5.73 Å². The lowest BCUT2D eigenvalue weighted by atomic mass is 9.97. The smallest absolute Gasteiger partial charge is 0.128 e. The second-order valence-corrected chi connectivity index (χ2v) is 4.95. The molecule has 0 radical (unpaired) electrons. The van der Waals surface area contributed by atoms with Crippen molar-refractivity contribution in [3.63, 3.8) is 0 Å². The van der Waals surface area contributed by atoms with Gasteiger partial charge in [0.05, 0.1) is 6.04 Å². The van der Waals surface area contributed by atoms with E-state index < -0.39 is 17.7 Å². The van der Waals surface area contributed by atoms with Gasteiger partial charge in [0.15, 0.2) is 0 Å². The Hall–Kier alpha value is -1.50. The van der Waals surface area contributed by atoms with E-state index in [1.807, 2.05) is 0 Å². The van der Waals surface area contributed by atoms with Crippen molar-refractivity contribution in [3.8, 4) is 0 Å². The van der Waals surface area contributed by atoms with E-state index in [4.69, 9.17) is 11.6 Å². The monoisotopic (exact) mass is 327 g/mol. The average Bonchev–Trinajstić information content (AvgIpc) is 2.38. The molecule has 1 atom stereocenters. The molecule has 0 aliphatic rings. The van der Waals surface area contributed by atoms with Gasteiger partial charge in [0.2, 0.25) is 0 Å². The molecule has 2 aromatic carbocycles. The fourth-order valence-corrected chi connectivity index (χ4v) is 2.26. The molecule has 0 amide bonds. The number of anilines is 1. The van der Waals surface area contributed by atoms with Gasteiger partial charge in [-0.25, -0.2) is 14.2 Å². The van der Waals surface area contributed by atoms with Gasteiger partial charge in [-0.1, -0.05) is 15.9 Å². The van der Waals surface area contributed by atoms with Gasteiger partial charge in [-0.15, -0.1) is 0 Å². The predicted octanol–water partition coefficient (Wildman–Crippen LogP) is 2.86. The molecule has 3 nitrogen and oxygen atoms in total. The molecule has 19 heavy (non-hydrogen) atoms. The van der Waals surface area contributed by atoms with Crippen LogP contribution in [-0.2, 0) is 0 Å². The number of hydrogen-bond donors (Lipinski definition) is 3. The van der Waals surface area contributed by atoms with Crippen molar-refractivity contribution in [2.45, 2.75) is 6.04 Å². The van der Waals surface area contributed by atoms with Crippen molar-refractivity contribution in [2.75, 3.05) is 5.73 Å². The van der Waals surface area contributed by atoms with Crippen LogP contribution in [0.15, 0.2) is 40.9 Å². The van der Waals surface area contributed by atoms with Crippen LogP contribution >= 0.6 is 15.9 Å². The maximum absolute atomic E-state index is 13.9. The number of hydrogen-bond acceptors (Lipinski definition) is 3. The minimum absolute atomic E-state index is 0.286. The van der Waals surface area contributed by atoms with E-state index in [1.165, 1.54) is 24.3 Å². The quantitative estimate of drug-likeness (QED) is 0.461. The molecule has 2 aromatic rings. The molecule has 0 aromatic heterocycles. The van der Waals surface area contributed by atoms with Crippen LogP contribution in [0.25, 0.3) is 0 Å². The minimum Gasteiger partial charge on any atom is -0.398 e. The topological polar surface area (TPSA) is 64.1 Å². The number of nitrogens with two attached hydrogens (primary N) is 2. The van der Waals surface area contributed by atoms with E-state index in [1.54, 1.807) is 12.1 Å². The van der Waals surface area contributed by atoms with Crippen LogP contribution < -0.4 is 17.0 Å². The van der Waals surface area contributed by atoms with Gasteiger partial charge in [-0.05, 0) is 36.4 Å². The second-order valence-electron chi connectivity index (χ2n) is 4.04. The largest absolute Gasteiger partial charge is 0.398 e. The van der Waals surface area contributed by atoms with Crippen molar-refractivity contribution < 1.29 is 8.78 Å². The zero-order chi connectivity index (χ0) is 14.0. The third-order valence-corrected chi connectivity index (χ3v) is 3.29. The Morgan fingerprint density at radius 3 is 2.47 bits per heavy atom. The zero-order valence-electron chi connectivity index (χ0n) is 9.83. The van der Waals surface area contributed by atoms with Crippen LogP contribution in [0, 0.1) is 11.6 Å². The van der Waals surface area contributed by atoms with Gasteiger partial charge in [0, 0.05) is 21.3 Å². The first-order valence-electron chi connectivity index (χ1n) is 5.49. The average molecular weight is 328 g/mol. The highest BCUT2D eigenvalue weighted by molar-refractivity contribution is 9.10. The van der Waals surface area contributed by atoms with Crippen LogP contribution in [-0.4, -0.2) is 0 Å². The van der Waals surface area contributed by atoms with Crippen molar-refractivity contribution >= 4 is 21.6 Å². The molecule has 2 rings (SSSR count). The summed E-state index contributed by atoms with van der Waals surface area (Å²) >= 11 is 3.26. The molecule has 0 aliphatic heterocycles.